The van der Waals surface area contributed by atoms with Crippen molar-refractivity contribution in [1.82, 2.24) is 9.97 Å². The van der Waals surface area contributed by atoms with Crippen LogP contribution < -0.4 is 5.73 Å². The van der Waals surface area contributed by atoms with Crippen molar-refractivity contribution in [2.45, 2.75) is 26.2 Å². The van der Waals surface area contributed by atoms with Gasteiger partial charge in [0, 0.05) is 39.6 Å². The molecule has 1 atom stereocenters. The van der Waals surface area contributed by atoms with Gasteiger partial charge in [-0.2, -0.15) is 0 Å². The Labute approximate surface area is 141 Å². The van der Waals surface area contributed by atoms with Crippen molar-refractivity contribution in [3.8, 4) is 0 Å². The van der Waals surface area contributed by atoms with E-state index in [1.165, 1.54) is 44.2 Å². The number of rotatable bonds is 4. The molecule has 24 heavy (non-hydrogen) atoms. The summed E-state index contributed by atoms with van der Waals surface area (Å²) in [5.74, 6) is 0.304. The predicted octanol–water partition coefficient (Wildman–Crippen LogP) is 4.55. The molecule has 0 bridgehead atoms. The molecule has 4 N–H and O–H groups in total. The van der Waals surface area contributed by atoms with Crippen molar-refractivity contribution in [2.24, 2.45) is 5.73 Å². The number of hydrogen-bond donors (Lipinski definition) is 3. The molecule has 0 aliphatic heterocycles. The zero-order valence-electron chi connectivity index (χ0n) is 14.2. The Morgan fingerprint density at radius 1 is 1.00 bits per heavy atom. The van der Waals surface area contributed by atoms with Crippen molar-refractivity contribution in [1.29, 1.82) is 0 Å². The summed E-state index contributed by atoms with van der Waals surface area (Å²) in [5, 5.41) is 2.60. The van der Waals surface area contributed by atoms with Gasteiger partial charge in [0.1, 0.15) is 0 Å². The molecular formula is C21H23N3. The summed E-state index contributed by atoms with van der Waals surface area (Å²) in [6.45, 7) is 4.93. The molecule has 0 amide bonds. The summed E-state index contributed by atoms with van der Waals surface area (Å²) in [6, 6.07) is 15.1. The van der Waals surface area contributed by atoms with Crippen LogP contribution >= 0.6 is 0 Å². The van der Waals surface area contributed by atoms with Crippen LogP contribution in [-0.2, 0) is 6.42 Å². The molecule has 0 aliphatic rings. The van der Waals surface area contributed by atoms with Gasteiger partial charge in [-0.05, 0) is 56.1 Å². The summed E-state index contributed by atoms with van der Waals surface area (Å²) >= 11 is 0. The highest BCUT2D eigenvalue weighted by Crippen LogP contribution is 2.32. The minimum absolute atomic E-state index is 0.304. The van der Waals surface area contributed by atoms with Gasteiger partial charge in [0.25, 0.3) is 0 Å². The van der Waals surface area contributed by atoms with Crippen LogP contribution in [0.15, 0.2) is 48.7 Å². The lowest BCUT2D eigenvalue weighted by atomic mass is 9.90. The molecular weight excluding hydrogens is 294 g/mol. The highest BCUT2D eigenvalue weighted by molar-refractivity contribution is 5.86. The molecule has 0 spiro atoms. The minimum atomic E-state index is 0.304. The third-order valence-electron chi connectivity index (χ3n) is 5.07. The largest absolute Gasteiger partial charge is 0.361 e. The van der Waals surface area contributed by atoms with E-state index < -0.39 is 0 Å². The van der Waals surface area contributed by atoms with Crippen LogP contribution in [-0.4, -0.2) is 16.5 Å². The average molecular weight is 317 g/mol. The molecule has 0 fully saturated rings. The zero-order chi connectivity index (χ0) is 16.7. The molecule has 2 aromatic carbocycles. The second-order valence-corrected chi connectivity index (χ2v) is 6.70. The van der Waals surface area contributed by atoms with Crippen molar-refractivity contribution in [3.05, 3.63) is 71.0 Å². The Kier molecular flexibility index (Phi) is 3.66. The first-order valence-electron chi connectivity index (χ1n) is 8.51. The standard InChI is InChI=1S/C21H23N3/c1-13-7-8-20-18(9-13)19(12-23-20)15(11-22)10-17-14(2)24-21-6-4-3-5-16(17)21/h3-9,12,15,23-24H,10-11,22H2,1-2H3. The number of para-hydroxylation sites is 1. The van der Waals surface area contributed by atoms with Gasteiger partial charge in [-0.25, -0.2) is 0 Å². The van der Waals surface area contributed by atoms with Crippen molar-refractivity contribution in [2.75, 3.05) is 6.54 Å². The number of aromatic amines is 2. The Bertz CT molecular complexity index is 1010. The first-order chi connectivity index (χ1) is 11.7. The van der Waals surface area contributed by atoms with E-state index >= 15 is 0 Å². The zero-order valence-corrected chi connectivity index (χ0v) is 14.2. The van der Waals surface area contributed by atoms with E-state index in [2.05, 4.69) is 72.5 Å². The lowest BCUT2D eigenvalue weighted by molar-refractivity contribution is 0.699. The molecule has 3 heteroatoms. The number of hydrogen-bond acceptors (Lipinski definition) is 1. The van der Waals surface area contributed by atoms with E-state index in [0.29, 0.717) is 12.5 Å². The van der Waals surface area contributed by atoms with E-state index in [0.717, 1.165) is 6.42 Å². The number of aromatic nitrogens is 2. The second-order valence-electron chi connectivity index (χ2n) is 6.70. The van der Waals surface area contributed by atoms with Gasteiger partial charge < -0.3 is 15.7 Å². The maximum atomic E-state index is 6.18. The first kappa shape index (κ1) is 15.0. The number of fused-ring (bicyclic) bond motifs is 2. The van der Waals surface area contributed by atoms with Crippen molar-refractivity contribution >= 4 is 21.8 Å². The van der Waals surface area contributed by atoms with E-state index in [1.807, 2.05) is 0 Å². The van der Waals surface area contributed by atoms with Gasteiger partial charge in [-0.3, -0.25) is 0 Å². The van der Waals surface area contributed by atoms with E-state index in [-0.39, 0.29) is 0 Å². The quantitative estimate of drug-likeness (QED) is 0.508. The van der Waals surface area contributed by atoms with Crippen LogP contribution in [0.25, 0.3) is 21.8 Å². The van der Waals surface area contributed by atoms with Crippen molar-refractivity contribution < 1.29 is 0 Å². The summed E-state index contributed by atoms with van der Waals surface area (Å²) in [6.07, 6.45) is 3.08. The molecule has 2 aromatic heterocycles. The Morgan fingerprint density at radius 2 is 1.83 bits per heavy atom. The lowest BCUT2D eigenvalue weighted by Gasteiger charge is -2.15. The summed E-state index contributed by atoms with van der Waals surface area (Å²) < 4.78 is 0. The third-order valence-corrected chi connectivity index (χ3v) is 5.07. The number of H-pyrrole nitrogens is 2. The molecule has 0 saturated heterocycles. The Balaban J connectivity index is 1.78. The first-order valence-corrected chi connectivity index (χ1v) is 8.51. The summed E-state index contributed by atoms with van der Waals surface area (Å²) in [4.78, 5) is 6.90. The van der Waals surface area contributed by atoms with E-state index in [4.69, 9.17) is 5.73 Å². The molecule has 1 unspecified atom stereocenters. The summed E-state index contributed by atoms with van der Waals surface area (Å²) in [5.41, 5.74) is 13.8. The Morgan fingerprint density at radius 3 is 2.67 bits per heavy atom. The van der Waals surface area contributed by atoms with Gasteiger partial charge in [-0.1, -0.05) is 29.8 Å². The number of benzene rings is 2. The molecule has 0 radical (unpaired) electrons. The van der Waals surface area contributed by atoms with Crippen LogP contribution in [0.5, 0.6) is 0 Å². The van der Waals surface area contributed by atoms with Crippen LogP contribution in [0.1, 0.15) is 28.3 Å². The number of nitrogens with two attached hydrogens (primary N) is 1. The van der Waals surface area contributed by atoms with Gasteiger partial charge in [0.15, 0.2) is 0 Å². The number of nitrogens with one attached hydrogen (secondary N) is 2. The molecule has 3 nitrogen and oxygen atoms in total. The molecule has 4 aromatic rings. The fraction of sp³-hybridized carbons (Fsp3) is 0.238. The van der Waals surface area contributed by atoms with Gasteiger partial charge in [0.2, 0.25) is 0 Å². The summed E-state index contributed by atoms with van der Waals surface area (Å²) in [7, 11) is 0. The lowest BCUT2D eigenvalue weighted by Crippen LogP contribution is -2.15. The van der Waals surface area contributed by atoms with Gasteiger partial charge in [0.05, 0.1) is 0 Å². The monoisotopic (exact) mass is 317 g/mol. The molecule has 2 heterocycles. The van der Waals surface area contributed by atoms with E-state index in [9.17, 15) is 0 Å². The maximum absolute atomic E-state index is 6.18. The van der Waals surface area contributed by atoms with Crippen molar-refractivity contribution in [3.63, 3.8) is 0 Å². The molecule has 122 valence electrons. The molecule has 0 saturated carbocycles. The highest BCUT2D eigenvalue weighted by atomic mass is 14.7. The minimum Gasteiger partial charge on any atom is -0.361 e. The van der Waals surface area contributed by atoms with Crippen LogP contribution in [0, 0.1) is 13.8 Å². The smallest absolute Gasteiger partial charge is 0.0458 e. The predicted molar refractivity (Wildman–Crippen MR) is 102 cm³/mol. The fourth-order valence-corrected chi connectivity index (χ4v) is 3.76. The Hall–Kier alpha value is -2.52. The molecule has 4 rings (SSSR count). The van der Waals surface area contributed by atoms with Gasteiger partial charge in [-0.15, -0.1) is 0 Å². The average Bonchev–Trinajstić information content (AvgIpc) is 3.13. The highest BCUT2D eigenvalue weighted by Gasteiger charge is 2.18. The van der Waals surface area contributed by atoms with Gasteiger partial charge >= 0.3 is 0 Å². The van der Waals surface area contributed by atoms with Crippen LogP contribution in [0.2, 0.25) is 0 Å². The third kappa shape index (κ3) is 2.42. The van der Waals surface area contributed by atoms with Crippen LogP contribution in [0.3, 0.4) is 0 Å². The van der Waals surface area contributed by atoms with E-state index in [1.54, 1.807) is 0 Å². The topological polar surface area (TPSA) is 57.6 Å². The van der Waals surface area contributed by atoms with Crippen LogP contribution in [0.4, 0.5) is 0 Å². The normalized spacial score (nSPS) is 13.0. The maximum Gasteiger partial charge on any atom is 0.0458 e. The SMILES string of the molecule is Cc1ccc2[nH]cc(C(CN)Cc3c(C)[nH]c4ccccc34)c2c1. The fourth-order valence-electron chi connectivity index (χ4n) is 3.76. The second kappa shape index (κ2) is 5.84. The molecule has 0 aliphatic carbocycles. The number of aryl methyl sites for hydroxylation is 2.